The van der Waals surface area contributed by atoms with Crippen molar-refractivity contribution in [3.8, 4) is 11.5 Å². The summed E-state index contributed by atoms with van der Waals surface area (Å²) in [5.41, 5.74) is 7.30. The second-order valence-electron chi connectivity index (χ2n) is 3.87. The average molecular weight is 302 g/mol. The van der Waals surface area contributed by atoms with Crippen LogP contribution in [0.2, 0.25) is 0 Å². The molecule has 1 atom stereocenters. The maximum atomic E-state index is 10.8. The Balaban J connectivity index is 2.38. The van der Waals surface area contributed by atoms with Gasteiger partial charge in [-0.25, -0.2) is 0 Å². The van der Waals surface area contributed by atoms with Crippen LogP contribution in [0.1, 0.15) is 11.1 Å². The zero-order valence-corrected chi connectivity index (χ0v) is 10.8. The van der Waals surface area contributed by atoms with Crippen LogP contribution < -0.4 is 15.2 Å². The van der Waals surface area contributed by atoms with E-state index in [1.807, 2.05) is 13.0 Å². The molecular formula is C11H12BrNO4. The molecule has 0 saturated heterocycles. The molecule has 1 aliphatic heterocycles. The SMILES string of the molecule is Cc1cc2c(c(Br)c1CC(N)C(=O)O)OCO2. The van der Waals surface area contributed by atoms with Crippen LogP contribution >= 0.6 is 15.9 Å². The summed E-state index contributed by atoms with van der Waals surface area (Å²) in [6.07, 6.45) is 0.248. The predicted molar refractivity (Wildman–Crippen MR) is 64.3 cm³/mol. The van der Waals surface area contributed by atoms with Gasteiger partial charge in [-0.2, -0.15) is 0 Å². The Labute approximate surface area is 107 Å². The Morgan fingerprint density at radius 2 is 2.35 bits per heavy atom. The molecular weight excluding hydrogens is 290 g/mol. The summed E-state index contributed by atoms with van der Waals surface area (Å²) in [7, 11) is 0. The predicted octanol–water partition coefficient (Wildman–Crippen LogP) is 1.44. The van der Waals surface area contributed by atoms with Crippen molar-refractivity contribution in [3.05, 3.63) is 21.7 Å². The summed E-state index contributed by atoms with van der Waals surface area (Å²) in [6, 6.07) is 0.905. The standard InChI is InChI=1S/C11H12BrNO4/c1-5-2-8-10(17-4-16-8)9(12)6(5)3-7(13)11(14)15/h2,7H,3-4,13H2,1H3,(H,14,15). The maximum absolute atomic E-state index is 10.8. The number of hydrogen-bond donors (Lipinski definition) is 2. The molecule has 0 radical (unpaired) electrons. The van der Waals surface area contributed by atoms with E-state index in [1.165, 1.54) is 0 Å². The van der Waals surface area contributed by atoms with Crippen LogP contribution in [-0.2, 0) is 11.2 Å². The van der Waals surface area contributed by atoms with Crippen molar-refractivity contribution in [2.75, 3.05) is 6.79 Å². The van der Waals surface area contributed by atoms with Crippen LogP contribution in [0.25, 0.3) is 0 Å². The molecule has 6 heteroatoms. The van der Waals surface area contributed by atoms with E-state index in [2.05, 4.69) is 15.9 Å². The van der Waals surface area contributed by atoms with Gasteiger partial charge in [-0.1, -0.05) is 0 Å². The molecule has 1 aromatic rings. The van der Waals surface area contributed by atoms with Gasteiger partial charge in [0.25, 0.3) is 0 Å². The van der Waals surface area contributed by atoms with E-state index in [9.17, 15) is 4.79 Å². The van der Waals surface area contributed by atoms with Crippen molar-refractivity contribution in [1.82, 2.24) is 0 Å². The number of benzene rings is 1. The van der Waals surface area contributed by atoms with E-state index >= 15 is 0 Å². The van der Waals surface area contributed by atoms with E-state index in [4.69, 9.17) is 20.3 Å². The van der Waals surface area contributed by atoms with Crippen molar-refractivity contribution in [1.29, 1.82) is 0 Å². The summed E-state index contributed by atoms with van der Waals surface area (Å²) < 4.78 is 11.3. The van der Waals surface area contributed by atoms with Crippen LogP contribution in [0.5, 0.6) is 11.5 Å². The van der Waals surface area contributed by atoms with Crippen molar-refractivity contribution < 1.29 is 19.4 Å². The topological polar surface area (TPSA) is 81.8 Å². The molecule has 1 aromatic carbocycles. The Hall–Kier alpha value is -1.27. The second kappa shape index (κ2) is 4.54. The lowest BCUT2D eigenvalue weighted by atomic mass is 10.0. The number of fused-ring (bicyclic) bond motifs is 1. The van der Waals surface area contributed by atoms with E-state index in [0.717, 1.165) is 15.6 Å². The first kappa shape index (κ1) is 12.2. The van der Waals surface area contributed by atoms with Crippen LogP contribution in [-0.4, -0.2) is 23.9 Å². The first-order chi connectivity index (χ1) is 8.00. The van der Waals surface area contributed by atoms with Gasteiger partial charge in [-0.3, -0.25) is 4.79 Å². The fraction of sp³-hybridized carbons (Fsp3) is 0.364. The normalized spacial score (nSPS) is 14.8. The molecule has 0 fully saturated rings. The molecule has 0 spiro atoms. The van der Waals surface area contributed by atoms with Gasteiger partial charge in [0.05, 0.1) is 4.47 Å². The number of aliphatic carboxylic acids is 1. The molecule has 0 saturated carbocycles. The quantitative estimate of drug-likeness (QED) is 0.883. The largest absolute Gasteiger partial charge is 0.480 e. The average Bonchev–Trinajstić information content (AvgIpc) is 2.71. The fourth-order valence-electron chi connectivity index (χ4n) is 1.72. The number of hydrogen-bond acceptors (Lipinski definition) is 4. The monoisotopic (exact) mass is 301 g/mol. The zero-order chi connectivity index (χ0) is 12.6. The smallest absolute Gasteiger partial charge is 0.320 e. The van der Waals surface area contributed by atoms with Crippen molar-refractivity contribution in [3.63, 3.8) is 0 Å². The minimum Gasteiger partial charge on any atom is -0.480 e. The molecule has 3 N–H and O–H groups in total. The number of nitrogens with two attached hydrogens (primary N) is 1. The summed E-state index contributed by atoms with van der Waals surface area (Å²) in [4.78, 5) is 10.8. The van der Waals surface area contributed by atoms with Crippen LogP contribution in [0.4, 0.5) is 0 Å². The number of carboxylic acids is 1. The highest BCUT2D eigenvalue weighted by atomic mass is 79.9. The summed E-state index contributed by atoms with van der Waals surface area (Å²) in [5, 5.41) is 8.82. The third-order valence-electron chi connectivity index (χ3n) is 2.67. The van der Waals surface area contributed by atoms with Gasteiger partial charge in [0, 0.05) is 0 Å². The number of carboxylic acid groups (broad SMARTS) is 1. The number of ether oxygens (including phenoxy) is 2. The lowest BCUT2D eigenvalue weighted by Crippen LogP contribution is -2.32. The first-order valence-corrected chi connectivity index (χ1v) is 5.86. The van der Waals surface area contributed by atoms with Gasteiger partial charge in [0.2, 0.25) is 6.79 Å². The second-order valence-corrected chi connectivity index (χ2v) is 4.66. The van der Waals surface area contributed by atoms with E-state index < -0.39 is 12.0 Å². The maximum Gasteiger partial charge on any atom is 0.320 e. The Morgan fingerprint density at radius 3 is 3.00 bits per heavy atom. The number of aryl methyl sites for hydroxylation is 1. The molecule has 2 rings (SSSR count). The Bertz CT molecular complexity index is 475. The van der Waals surface area contributed by atoms with Crippen LogP contribution in [0.15, 0.2) is 10.5 Å². The summed E-state index contributed by atoms with van der Waals surface area (Å²) in [6.45, 7) is 2.07. The molecule has 5 nitrogen and oxygen atoms in total. The molecule has 0 amide bonds. The molecule has 1 unspecified atom stereocenters. The van der Waals surface area contributed by atoms with E-state index in [0.29, 0.717) is 11.5 Å². The third kappa shape index (κ3) is 2.23. The number of rotatable bonds is 3. The van der Waals surface area contributed by atoms with Crippen molar-refractivity contribution in [2.24, 2.45) is 5.73 Å². The van der Waals surface area contributed by atoms with Crippen molar-refractivity contribution >= 4 is 21.9 Å². The fourth-order valence-corrected chi connectivity index (χ4v) is 2.50. The molecule has 92 valence electrons. The van der Waals surface area contributed by atoms with Gasteiger partial charge in [0.1, 0.15) is 6.04 Å². The molecule has 1 aliphatic rings. The molecule has 0 bridgehead atoms. The minimum atomic E-state index is -1.02. The van der Waals surface area contributed by atoms with Gasteiger partial charge in [-0.15, -0.1) is 0 Å². The van der Waals surface area contributed by atoms with E-state index in [-0.39, 0.29) is 13.2 Å². The molecule has 17 heavy (non-hydrogen) atoms. The minimum absolute atomic E-state index is 0.182. The number of halogens is 1. The first-order valence-electron chi connectivity index (χ1n) is 5.06. The lowest BCUT2D eigenvalue weighted by Gasteiger charge is -2.13. The summed E-state index contributed by atoms with van der Waals surface area (Å²) in [5.74, 6) is 0.263. The lowest BCUT2D eigenvalue weighted by molar-refractivity contribution is -0.138. The highest BCUT2D eigenvalue weighted by Crippen LogP contribution is 2.43. The Kier molecular flexibility index (Phi) is 3.26. The Morgan fingerprint density at radius 1 is 1.65 bits per heavy atom. The van der Waals surface area contributed by atoms with Gasteiger partial charge in [-0.05, 0) is 46.5 Å². The molecule has 1 heterocycles. The highest BCUT2D eigenvalue weighted by Gasteiger charge is 2.23. The third-order valence-corrected chi connectivity index (χ3v) is 3.51. The molecule has 0 aliphatic carbocycles. The highest BCUT2D eigenvalue weighted by molar-refractivity contribution is 9.10. The van der Waals surface area contributed by atoms with Gasteiger partial charge < -0.3 is 20.3 Å². The zero-order valence-electron chi connectivity index (χ0n) is 9.20. The van der Waals surface area contributed by atoms with Gasteiger partial charge >= 0.3 is 5.97 Å². The number of carbonyl (C=O) groups is 1. The van der Waals surface area contributed by atoms with Gasteiger partial charge in [0.15, 0.2) is 11.5 Å². The van der Waals surface area contributed by atoms with E-state index in [1.54, 1.807) is 0 Å². The van der Waals surface area contributed by atoms with Crippen molar-refractivity contribution in [2.45, 2.75) is 19.4 Å². The van der Waals surface area contributed by atoms with Crippen LogP contribution in [0, 0.1) is 6.92 Å². The molecule has 0 aromatic heterocycles. The summed E-state index contributed by atoms with van der Waals surface area (Å²) >= 11 is 3.41. The van der Waals surface area contributed by atoms with Crippen LogP contribution in [0.3, 0.4) is 0 Å².